The summed E-state index contributed by atoms with van der Waals surface area (Å²) < 4.78 is 5.13. The predicted octanol–water partition coefficient (Wildman–Crippen LogP) is 2.99. The van der Waals surface area contributed by atoms with Gasteiger partial charge in [-0.1, -0.05) is 5.57 Å². The predicted molar refractivity (Wildman–Crippen MR) is 48.4 cm³/mol. The molecule has 0 saturated heterocycles. The summed E-state index contributed by atoms with van der Waals surface area (Å²) in [6.45, 7) is 9.19. The topological polar surface area (TPSA) is 17.5 Å². The summed E-state index contributed by atoms with van der Waals surface area (Å²) in [5.74, 6) is 0.859. The van der Waals surface area contributed by atoms with Gasteiger partial charge in [0.25, 0.3) is 0 Å². The van der Waals surface area contributed by atoms with Crippen LogP contribution in [0.15, 0.2) is 28.4 Å². The normalized spacial score (nSPS) is 11.2. The third-order valence-corrected chi connectivity index (χ3v) is 1.55. The van der Waals surface area contributed by atoms with Crippen molar-refractivity contribution in [2.75, 3.05) is 6.54 Å². The molecule has 0 saturated carbocycles. The molecule has 0 fully saturated rings. The first-order valence-corrected chi connectivity index (χ1v) is 3.87. The summed E-state index contributed by atoms with van der Waals surface area (Å²) in [6, 6.07) is 3.76. The highest BCUT2D eigenvalue weighted by molar-refractivity contribution is 5.46. The van der Waals surface area contributed by atoms with Crippen molar-refractivity contribution in [3.05, 3.63) is 41.1 Å². The molecule has 0 radical (unpaired) electrons. The van der Waals surface area contributed by atoms with Crippen molar-refractivity contribution in [2.24, 2.45) is 0 Å². The second-order valence-electron chi connectivity index (χ2n) is 2.64. The summed E-state index contributed by atoms with van der Waals surface area (Å²) in [4.78, 5) is 3.28. The molecule has 1 rings (SSSR count). The Morgan fingerprint density at radius 1 is 1.75 bits per heavy atom. The lowest BCUT2D eigenvalue weighted by molar-refractivity contribution is 0.556. The van der Waals surface area contributed by atoms with Crippen LogP contribution in [0, 0.1) is 6.57 Å². The SMILES string of the molecule is [C-]#[N+]CC/C(C)=C/c1ccco1. The molecule has 0 N–H and O–H groups in total. The average molecular weight is 161 g/mol. The van der Waals surface area contributed by atoms with Crippen LogP contribution in [0.4, 0.5) is 0 Å². The molecule has 1 heterocycles. The van der Waals surface area contributed by atoms with Crippen molar-refractivity contribution in [1.29, 1.82) is 0 Å². The largest absolute Gasteiger partial charge is 0.465 e. The van der Waals surface area contributed by atoms with Gasteiger partial charge in [-0.2, -0.15) is 0 Å². The summed E-state index contributed by atoms with van der Waals surface area (Å²) in [6.07, 6.45) is 4.43. The zero-order chi connectivity index (χ0) is 8.81. The number of hydrogen-bond donors (Lipinski definition) is 0. The van der Waals surface area contributed by atoms with Crippen molar-refractivity contribution in [1.82, 2.24) is 0 Å². The first-order chi connectivity index (χ1) is 5.83. The Labute approximate surface area is 72.3 Å². The second kappa shape index (κ2) is 4.40. The molecule has 0 aliphatic carbocycles. The zero-order valence-corrected chi connectivity index (χ0v) is 7.08. The van der Waals surface area contributed by atoms with Gasteiger partial charge >= 0.3 is 0 Å². The Morgan fingerprint density at radius 2 is 2.58 bits per heavy atom. The maximum absolute atomic E-state index is 6.62. The van der Waals surface area contributed by atoms with E-state index < -0.39 is 0 Å². The molecule has 0 unspecified atom stereocenters. The van der Waals surface area contributed by atoms with Crippen LogP contribution in [0.1, 0.15) is 19.1 Å². The second-order valence-corrected chi connectivity index (χ2v) is 2.64. The van der Waals surface area contributed by atoms with Gasteiger partial charge in [-0.3, -0.25) is 0 Å². The summed E-state index contributed by atoms with van der Waals surface area (Å²) in [5.41, 5.74) is 1.18. The molecule has 2 nitrogen and oxygen atoms in total. The van der Waals surface area contributed by atoms with Crippen LogP contribution >= 0.6 is 0 Å². The first-order valence-electron chi connectivity index (χ1n) is 3.87. The minimum absolute atomic E-state index is 0.559. The van der Waals surface area contributed by atoms with Gasteiger partial charge in [0.05, 0.1) is 6.26 Å². The smallest absolute Gasteiger partial charge is 0.218 e. The van der Waals surface area contributed by atoms with Crippen molar-refractivity contribution in [3.63, 3.8) is 0 Å². The highest BCUT2D eigenvalue weighted by atomic mass is 16.3. The van der Waals surface area contributed by atoms with E-state index in [1.54, 1.807) is 6.26 Å². The fourth-order valence-electron chi connectivity index (χ4n) is 0.921. The minimum Gasteiger partial charge on any atom is -0.465 e. The molecule has 0 atom stereocenters. The molecule has 62 valence electrons. The lowest BCUT2D eigenvalue weighted by atomic mass is 10.2. The molecular formula is C10H11NO. The van der Waals surface area contributed by atoms with Crippen LogP contribution in [0.3, 0.4) is 0 Å². The first kappa shape index (κ1) is 8.61. The van der Waals surface area contributed by atoms with Gasteiger partial charge in [0.15, 0.2) is 0 Å². The van der Waals surface area contributed by atoms with Gasteiger partial charge in [0.2, 0.25) is 6.54 Å². The van der Waals surface area contributed by atoms with Crippen LogP contribution in [0.25, 0.3) is 10.9 Å². The van der Waals surface area contributed by atoms with Gasteiger partial charge in [0.1, 0.15) is 5.76 Å². The fourth-order valence-corrected chi connectivity index (χ4v) is 0.921. The Hall–Kier alpha value is -1.49. The van der Waals surface area contributed by atoms with Crippen molar-refractivity contribution in [2.45, 2.75) is 13.3 Å². The Kier molecular flexibility index (Phi) is 3.16. The molecule has 0 bridgehead atoms. The van der Waals surface area contributed by atoms with Crippen molar-refractivity contribution < 1.29 is 4.42 Å². The standard InChI is InChI=1S/C10H11NO/c1-9(5-6-11-2)8-10-4-3-7-12-10/h3-4,7-8H,5-6H2,1H3/b9-8+. The van der Waals surface area contributed by atoms with Gasteiger partial charge in [-0.15, -0.1) is 0 Å². The zero-order valence-electron chi connectivity index (χ0n) is 7.08. The van der Waals surface area contributed by atoms with E-state index in [-0.39, 0.29) is 0 Å². The van der Waals surface area contributed by atoms with Gasteiger partial charge in [0, 0.05) is 6.42 Å². The van der Waals surface area contributed by atoms with E-state index >= 15 is 0 Å². The van der Waals surface area contributed by atoms with Crippen molar-refractivity contribution >= 4 is 6.08 Å². The number of hydrogen-bond acceptors (Lipinski definition) is 1. The fraction of sp³-hybridized carbons (Fsp3) is 0.300. The Morgan fingerprint density at radius 3 is 3.17 bits per heavy atom. The van der Waals surface area contributed by atoms with E-state index in [0.29, 0.717) is 6.54 Å². The molecule has 0 aromatic carbocycles. The third kappa shape index (κ3) is 2.63. The minimum atomic E-state index is 0.559. The Balaban J connectivity index is 2.53. The quantitative estimate of drug-likeness (QED) is 0.623. The monoisotopic (exact) mass is 161 g/mol. The molecule has 1 aromatic rings. The molecule has 2 heteroatoms. The van der Waals surface area contributed by atoms with Crippen LogP contribution in [0.5, 0.6) is 0 Å². The summed E-state index contributed by atoms with van der Waals surface area (Å²) >= 11 is 0. The molecule has 12 heavy (non-hydrogen) atoms. The molecular weight excluding hydrogens is 150 g/mol. The van der Waals surface area contributed by atoms with Crippen LogP contribution < -0.4 is 0 Å². The third-order valence-electron chi connectivity index (χ3n) is 1.55. The van der Waals surface area contributed by atoms with E-state index in [0.717, 1.165) is 12.2 Å². The van der Waals surface area contributed by atoms with E-state index in [1.165, 1.54) is 5.57 Å². The van der Waals surface area contributed by atoms with Crippen LogP contribution in [-0.2, 0) is 0 Å². The highest BCUT2D eigenvalue weighted by Crippen LogP contribution is 2.09. The van der Waals surface area contributed by atoms with Crippen molar-refractivity contribution in [3.8, 4) is 0 Å². The molecule has 0 spiro atoms. The van der Waals surface area contributed by atoms with E-state index in [9.17, 15) is 0 Å². The number of furan rings is 1. The molecule has 1 aromatic heterocycles. The highest BCUT2D eigenvalue weighted by Gasteiger charge is 1.94. The maximum Gasteiger partial charge on any atom is 0.218 e. The van der Waals surface area contributed by atoms with Gasteiger partial charge in [-0.05, 0) is 25.1 Å². The van der Waals surface area contributed by atoms with Gasteiger partial charge < -0.3 is 9.26 Å². The Bertz CT molecular complexity index is 290. The molecule has 0 aliphatic rings. The summed E-state index contributed by atoms with van der Waals surface area (Å²) in [5, 5.41) is 0. The molecule has 0 amide bonds. The molecule has 0 aliphatic heterocycles. The lowest BCUT2D eigenvalue weighted by Gasteiger charge is -1.91. The van der Waals surface area contributed by atoms with E-state index in [2.05, 4.69) is 4.85 Å². The maximum atomic E-state index is 6.62. The van der Waals surface area contributed by atoms with Gasteiger partial charge in [-0.25, -0.2) is 6.57 Å². The lowest BCUT2D eigenvalue weighted by Crippen LogP contribution is -1.79. The number of nitrogens with zero attached hydrogens (tertiary/aromatic N) is 1. The van der Waals surface area contributed by atoms with Crippen LogP contribution in [0.2, 0.25) is 0 Å². The number of rotatable bonds is 3. The van der Waals surface area contributed by atoms with Crippen LogP contribution in [-0.4, -0.2) is 6.54 Å². The summed E-state index contributed by atoms with van der Waals surface area (Å²) in [7, 11) is 0. The van der Waals surface area contributed by atoms with E-state index in [4.69, 9.17) is 11.0 Å². The van der Waals surface area contributed by atoms with E-state index in [1.807, 2.05) is 25.1 Å². The average Bonchev–Trinajstić information content (AvgIpc) is 2.53.